The Bertz CT molecular complexity index is 405. The van der Waals surface area contributed by atoms with Gasteiger partial charge in [-0.1, -0.05) is 13.8 Å². The molecule has 5 heteroatoms. The summed E-state index contributed by atoms with van der Waals surface area (Å²) in [5.41, 5.74) is -0.389. The van der Waals surface area contributed by atoms with Crippen LogP contribution < -0.4 is 4.74 Å². The maximum absolute atomic E-state index is 13.7. The fourth-order valence-corrected chi connectivity index (χ4v) is 1.94. The zero-order chi connectivity index (χ0) is 12.5. The van der Waals surface area contributed by atoms with E-state index in [1.807, 2.05) is 0 Å². The molecule has 1 aromatic carbocycles. The first-order valence-electron chi connectivity index (χ1n) is 4.71. The number of benzene rings is 1. The summed E-state index contributed by atoms with van der Waals surface area (Å²) >= 11 is 3.16. The Morgan fingerprint density at radius 1 is 1.50 bits per heavy atom. The van der Waals surface area contributed by atoms with Crippen molar-refractivity contribution in [2.45, 2.75) is 19.3 Å². The Kier molecular flexibility index (Phi) is 3.80. The van der Waals surface area contributed by atoms with Crippen LogP contribution in [0.4, 0.5) is 4.39 Å². The van der Waals surface area contributed by atoms with Gasteiger partial charge in [-0.15, -0.1) is 0 Å². The van der Waals surface area contributed by atoms with E-state index < -0.39 is 17.0 Å². The standard InChI is InChI=1S/C11H14BrFO3/c1-11(2,5-14)6-4-7(12)10(16-3)8(13)9(6)15/h4,14-15H,5H2,1-3H3. The number of halogens is 2. The third-order valence-corrected chi connectivity index (χ3v) is 3.07. The molecular formula is C11H14BrFO3. The van der Waals surface area contributed by atoms with E-state index in [-0.39, 0.29) is 12.4 Å². The van der Waals surface area contributed by atoms with Gasteiger partial charge < -0.3 is 14.9 Å². The van der Waals surface area contributed by atoms with Crippen LogP contribution in [0.2, 0.25) is 0 Å². The molecule has 16 heavy (non-hydrogen) atoms. The molecular weight excluding hydrogens is 279 g/mol. The molecule has 0 heterocycles. The van der Waals surface area contributed by atoms with Crippen molar-refractivity contribution in [2.24, 2.45) is 0 Å². The molecule has 0 atom stereocenters. The number of rotatable bonds is 3. The maximum atomic E-state index is 13.7. The van der Waals surface area contributed by atoms with Crippen molar-refractivity contribution in [3.05, 3.63) is 21.9 Å². The molecule has 0 unspecified atom stereocenters. The summed E-state index contributed by atoms with van der Waals surface area (Å²) < 4.78 is 18.9. The van der Waals surface area contributed by atoms with Gasteiger partial charge in [-0.25, -0.2) is 0 Å². The average Bonchev–Trinajstić information content (AvgIpc) is 2.24. The molecule has 2 N–H and O–H groups in total. The molecule has 0 spiro atoms. The number of hydrogen-bond acceptors (Lipinski definition) is 3. The lowest BCUT2D eigenvalue weighted by atomic mass is 9.85. The monoisotopic (exact) mass is 292 g/mol. The van der Waals surface area contributed by atoms with E-state index in [1.54, 1.807) is 19.9 Å². The number of ether oxygens (including phenoxy) is 1. The SMILES string of the molecule is COc1c(Br)cc(C(C)(C)CO)c(O)c1F. The summed E-state index contributed by atoms with van der Waals surface area (Å²) in [5, 5.41) is 18.9. The summed E-state index contributed by atoms with van der Waals surface area (Å²) in [6.45, 7) is 3.22. The molecule has 1 rings (SSSR count). The summed E-state index contributed by atoms with van der Waals surface area (Å²) in [6, 6.07) is 1.55. The average molecular weight is 293 g/mol. The Morgan fingerprint density at radius 2 is 2.06 bits per heavy atom. The van der Waals surface area contributed by atoms with Crippen LogP contribution >= 0.6 is 15.9 Å². The summed E-state index contributed by atoms with van der Waals surface area (Å²) in [5.74, 6) is -1.36. The van der Waals surface area contributed by atoms with Gasteiger partial charge in [0, 0.05) is 11.0 Å². The van der Waals surface area contributed by atoms with Gasteiger partial charge in [0.2, 0.25) is 5.82 Å². The number of aliphatic hydroxyl groups excluding tert-OH is 1. The van der Waals surface area contributed by atoms with Crippen molar-refractivity contribution in [1.29, 1.82) is 0 Å². The molecule has 0 bridgehead atoms. The number of aliphatic hydroxyl groups is 1. The van der Waals surface area contributed by atoms with Crippen LogP contribution in [-0.4, -0.2) is 23.9 Å². The lowest BCUT2D eigenvalue weighted by Gasteiger charge is -2.24. The van der Waals surface area contributed by atoms with E-state index in [0.29, 0.717) is 10.0 Å². The van der Waals surface area contributed by atoms with Crippen molar-refractivity contribution in [3.8, 4) is 11.5 Å². The van der Waals surface area contributed by atoms with E-state index >= 15 is 0 Å². The predicted octanol–water partition coefficient (Wildman–Crippen LogP) is 2.57. The molecule has 0 saturated heterocycles. The molecule has 0 aliphatic rings. The summed E-state index contributed by atoms with van der Waals surface area (Å²) in [7, 11) is 1.32. The van der Waals surface area contributed by atoms with Crippen molar-refractivity contribution in [1.82, 2.24) is 0 Å². The van der Waals surface area contributed by atoms with Crippen LogP contribution in [0.25, 0.3) is 0 Å². The zero-order valence-electron chi connectivity index (χ0n) is 9.34. The predicted molar refractivity (Wildman–Crippen MR) is 62.4 cm³/mol. The van der Waals surface area contributed by atoms with Crippen LogP contribution in [0.15, 0.2) is 10.5 Å². The fourth-order valence-electron chi connectivity index (χ4n) is 1.38. The second-order valence-electron chi connectivity index (χ2n) is 4.14. The van der Waals surface area contributed by atoms with E-state index in [9.17, 15) is 14.6 Å². The summed E-state index contributed by atoms with van der Waals surface area (Å²) in [4.78, 5) is 0. The third-order valence-electron chi connectivity index (χ3n) is 2.48. The number of hydrogen-bond donors (Lipinski definition) is 2. The lowest BCUT2D eigenvalue weighted by Crippen LogP contribution is -2.22. The van der Waals surface area contributed by atoms with E-state index in [0.717, 1.165) is 0 Å². The number of methoxy groups -OCH3 is 1. The first-order chi connectivity index (χ1) is 7.35. The second kappa shape index (κ2) is 4.59. The smallest absolute Gasteiger partial charge is 0.208 e. The molecule has 0 fully saturated rings. The van der Waals surface area contributed by atoms with Gasteiger partial charge in [0.25, 0.3) is 0 Å². The van der Waals surface area contributed by atoms with Gasteiger partial charge in [0.15, 0.2) is 11.5 Å². The quantitative estimate of drug-likeness (QED) is 0.900. The van der Waals surface area contributed by atoms with Gasteiger partial charge in [-0.3, -0.25) is 0 Å². The Morgan fingerprint density at radius 3 is 2.50 bits per heavy atom. The van der Waals surface area contributed by atoms with Crippen molar-refractivity contribution in [2.75, 3.05) is 13.7 Å². The first-order valence-corrected chi connectivity index (χ1v) is 5.50. The van der Waals surface area contributed by atoms with Crippen molar-refractivity contribution in [3.63, 3.8) is 0 Å². The largest absolute Gasteiger partial charge is 0.505 e. The highest BCUT2D eigenvalue weighted by Gasteiger charge is 2.28. The Balaban J connectivity index is 3.45. The van der Waals surface area contributed by atoms with Crippen LogP contribution in [0.3, 0.4) is 0 Å². The first kappa shape index (κ1) is 13.3. The molecule has 0 aliphatic heterocycles. The number of aromatic hydroxyl groups is 1. The molecule has 0 aliphatic carbocycles. The molecule has 1 aromatic rings. The number of phenols is 1. The van der Waals surface area contributed by atoms with Crippen LogP contribution in [0.5, 0.6) is 11.5 Å². The maximum Gasteiger partial charge on any atom is 0.208 e. The Hall–Kier alpha value is -0.810. The van der Waals surface area contributed by atoms with Crippen LogP contribution in [0, 0.1) is 5.82 Å². The van der Waals surface area contributed by atoms with Gasteiger partial charge in [0.1, 0.15) is 0 Å². The van der Waals surface area contributed by atoms with E-state index in [2.05, 4.69) is 15.9 Å². The van der Waals surface area contributed by atoms with Gasteiger partial charge in [-0.05, 0) is 22.0 Å². The molecule has 90 valence electrons. The van der Waals surface area contributed by atoms with Crippen molar-refractivity contribution < 1.29 is 19.3 Å². The zero-order valence-corrected chi connectivity index (χ0v) is 10.9. The topological polar surface area (TPSA) is 49.7 Å². The van der Waals surface area contributed by atoms with E-state index in [1.165, 1.54) is 7.11 Å². The highest BCUT2D eigenvalue weighted by Crippen LogP contribution is 2.41. The molecule has 0 aromatic heterocycles. The minimum Gasteiger partial charge on any atom is -0.505 e. The van der Waals surface area contributed by atoms with Crippen molar-refractivity contribution >= 4 is 15.9 Å². The second-order valence-corrected chi connectivity index (χ2v) is 5.00. The summed E-state index contributed by atoms with van der Waals surface area (Å²) in [6.07, 6.45) is 0. The highest BCUT2D eigenvalue weighted by molar-refractivity contribution is 9.10. The fraction of sp³-hybridized carbons (Fsp3) is 0.455. The Labute approximate surface area is 102 Å². The third kappa shape index (κ3) is 2.15. The minimum atomic E-state index is -0.826. The molecule has 0 radical (unpaired) electrons. The van der Waals surface area contributed by atoms with E-state index in [4.69, 9.17) is 4.74 Å². The van der Waals surface area contributed by atoms with Gasteiger partial charge in [0.05, 0.1) is 18.2 Å². The van der Waals surface area contributed by atoms with Gasteiger partial charge >= 0.3 is 0 Å². The lowest BCUT2D eigenvalue weighted by molar-refractivity contribution is 0.214. The molecule has 0 amide bonds. The normalized spacial score (nSPS) is 11.6. The van der Waals surface area contributed by atoms with Crippen LogP contribution in [-0.2, 0) is 5.41 Å². The minimum absolute atomic E-state index is 0.0463. The highest BCUT2D eigenvalue weighted by atomic mass is 79.9. The number of phenolic OH excluding ortho intramolecular Hbond substituents is 1. The molecule has 3 nitrogen and oxygen atoms in total. The van der Waals surface area contributed by atoms with Crippen LogP contribution in [0.1, 0.15) is 19.4 Å². The molecule has 0 saturated carbocycles. The van der Waals surface area contributed by atoms with Gasteiger partial charge in [-0.2, -0.15) is 4.39 Å².